The summed E-state index contributed by atoms with van der Waals surface area (Å²) in [5.74, 6) is 0.0595. The SMILES string of the molecule is O=C(Nc1cnn(Cc2cccc3ccccc23)c1)c1ccc(COc2c(Cl)c(Cl)c(Cl)c(Cl)c2Cl)o1. The smallest absolute Gasteiger partial charge is 0.291 e. The molecule has 188 valence electrons. The zero-order chi connectivity index (χ0) is 26.1. The summed E-state index contributed by atoms with van der Waals surface area (Å²) >= 11 is 30.5. The minimum Gasteiger partial charge on any atom is -0.482 e. The second kappa shape index (κ2) is 10.9. The number of furan rings is 1. The van der Waals surface area contributed by atoms with Gasteiger partial charge in [-0.1, -0.05) is 100 Å². The molecule has 2 aromatic heterocycles. The molecule has 0 saturated heterocycles. The number of ether oxygens (including phenoxy) is 1. The average Bonchev–Trinajstić information content (AvgIpc) is 3.56. The molecule has 0 spiro atoms. The lowest BCUT2D eigenvalue weighted by Crippen LogP contribution is -2.10. The zero-order valence-electron chi connectivity index (χ0n) is 18.8. The van der Waals surface area contributed by atoms with Crippen molar-refractivity contribution in [2.24, 2.45) is 0 Å². The van der Waals surface area contributed by atoms with Gasteiger partial charge in [0.2, 0.25) is 0 Å². The molecule has 5 rings (SSSR count). The van der Waals surface area contributed by atoms with Crippen LogP contribution < -0.4 is 10.1 Å². The van der Waals surface area contributed by atoms with Gasteiger partial charge in [-0.3, -0.25) is 9.48 Å². The number of fused-ring (bicyclic) bond motifs is 1. The van der Waals surface area contributed by atoms with Crippen LogP contribution in [0.3, 0.4) is 0 Å². The van der Waals surface area contributed by atoms with Gasteiger partial charge in [-0.2, -0.15) is 5.10 Å². The molecule has 37 heavy (non-hydrogen) atoms. The standard InChI is InChI=1S/C26H16Cl5N3O3/c27-20-21(28)23(30)25(24(31)22(20)29)36-13-17-8-9-19(37-17)26(35)33-16-10-32-34(12-16)11-15-6-3-5-14-4-1-2-7-18(14)15/h1-10,12H,11,13H2,(H,33,35). The van der Waals surface area contributed by atoms with Gasteiger partial charge in [-0.15, -0.1) is 0 Å². The molecular formula is C26H16Cl5N3O3. The van der Waals surface area contributed by atoms with Crippen LogP contribution in [0.4, 0.5) is 5.69 Å². The van der Waals surface area contributed by atoms with Gasteiger partial charge in [-0.25, -0.2) is 0 Å². The van der Waals surface area contributed by atoms with E-state index in [1.54, 1.807) is 23.1 Å². The van der Waals surface area contributed by atoms with Crippen molar-refractivity contribution in [3.05, 3.63) is 109 Å². The van der Waals surface area contributed by atoms with Crippen LogP contribution in [0.15, 0.2) is 71.4 Å². The van der Waals surface area contributed by atoms with Crippen LogP contribution in [0.5, 0.6) is 5.75 Å². The number of aromatic nitrogens is 2. The van der Waals surface area contributed by atoms with Gasteiger partial charge in [0.25, 0.3) is 5.91 Å². The predicted octanol–water partition coefficient (Wildman–Crippen LogP) is 8.78. The minimum absolute atomic E-state index is 0.0195. The van der Waals surface area contributed by atoms with E-state index in [1.165, 1.54) is 6.07 Å². The van der Waals surface area contributed by atoms with Gasteiger partial charge in [0.1, 0.15) is 22.4 Å². The van der Waals surface area contributed by atoms with Crippen LogP contribution in [0.1, 0.15) is 21.9 Å². The molecule has 5 aromatic rings. The van der Waals surface area contributed by atoms with Crippen LogP contribution in [-0.4, -0.2) is 15.7 Å². The maximum Gasteiger partial charge on any atom is 0.291 e. The molecule has 0 aliphatic heterocycles. The molecule has 0 atom stereocenters. The third-order valence-electron chi connectivity index (χ3n) is 5.52. The quantitative estimate of drug-likeness (QED) is 0.151. The third-order valence-corrected chi connectivity index (χ3v) is 7.76. The second-order valence-electron chi connectivity index (χ2n) is 7.97. The predicted molar refractivity (Wildman–Crippen MR) is 148 cm³/mol. The van der Waals surface area contributed by atoms with Crippen molar-refractivity contribution in [3.8, 4) is 5.75 Å². The summed E-state index contributed by atoms with van der Waals surface area (Å²) in [6.07, 6.45) is 3.33. The van der Waals surface area contributed by atoms with E-state index in [2.05, 4.69) is 34.7 Å². The number of hydrogen-bond acceptors (Lipinski definition) is 4. The fourth-order valence-corrected chi connectivity index (χ4v) is 4.97. The fraction of sp³-hybridized carbons (Fsp3) is 0.0769. The molecule has 3 aromatic carbocycles. The lowest BCUT2D eigenvalue weighted by molar-refractivity contribution is 0.0992. The molecule has 0 aliphatic rings. The molecule has 0 bridgehead atoms. The van der Waals surface area contributed by atoms with Crippen molar-refractivity contribution in [2.75, 3.05) is 5.32 Å². The molecule has 0 radical (unpaired) electrons. The van der Waals surface area contributed by atoms with Gasteiger partial charge in [0.05, 0.1) is 33.5 Å². The Morgan fingerprint density at radius 3 is 2.38 bits per heavy atom. The van der Waals surface area contributed by atoms with E-state index in [0.717, 1.165) is 16.3 Å². The lowest BCUT2D eigenvalue weighted by atomic mass is 10.0. The normalized spacial score (nSPS) is 11.2. The Balaban J connectivity index is 1.23. The Bertz CT molecular complexity index is 1600. The lowest BCUT2D eigenvalue weighted by Gasteiger charge is -2.12. The zero-order valence-corrected chi connectivity index (χ0v) is 22.6. The molecule has 1 N–H and O–H groups in total. The molecule has 11 heteroatoms. The monoisotopic (exact) mass is 593 g/mol. The summed E-state index contributed by atoms with van der Waals surface area (Å²) in [6.45, 7) is 0.479. The molecule has 0 aliphatic carbocycles. The molecule has 0 unspecified atom stereocenters. The molecule has 0 saturated carbocycles. The van der Waals surface area contributed by atoms with Gasteiger partial charge in [0, 0.05) is 6.20 Å². The highest BCUT2D eigenvalue weighted by atomic mass is 35.5. The van der Waals surface area contributed by atoms with Crippen molar-refractivity contribution >= 4 is 80.4 Å². The molecular weight excluding hydrogens is 580 g/mol. The van der Waals surface area contributed by atoms with Crippen molar-refractivity contribution < 1.29 is 13.9 Å². The summed E-state index contributed by atoms with van der Waals surface area (Å²) in [7, 11) is 0. The van der Waals surface area contributed by atoms with E-state index in [0.29, 0.717) is 18.0 Å². The summed E-state index contributed by atoms with van der Waals surface area (Å²) in [4.78, 5) is 12.7. The maximum absolute atomic E-state index is 12.7. The number of hydrogen-bond donors (Lipinski definition) is 1. The van der Waals surface area contributed by atoms with Crippen LogP contribution in [0, 0.1) is 0 Å². The highest BCUT2D eigenvalue weighted by molar-refractivity contribution is 6.55. The first kappa shape index (κ1) is 25.8. The Morgan fingerprint density at radius 2 is 1.59 bits per heavy atom. The fourth-order valence-electron chi connectivity index (χ4n) is 3.74. The number of nitrogens with one attached hydrogen (secondary N) is 1. The van der Waals surface area contributed by atoms with Crippen LogP contribution in [0.25, 0.3) is 10.8 Å². The molecule has 6 nitrogen and oxygen atoms in total. The minimum atomic E-state index is -0.440. The van der Waals surface area contributed by atoms with E-state index < -0.39 is 5.91 Å². The molecule has 0 fully saturated rings. The van der Waals surface area contributed by atoms with Crippen LogP contribution in [0.2, 0.25) is 25.1 Å². The largest absolute Gasteiger partial charge is 0.482 e. The number of carbonyl (C=O) groups excluding carboxylic acids is 1. The Kier molecular flexibility index (Phi) is 7.56. The van der Waals surface area contributed by atoms with Gasteiger partial charge in [-0.05, 0) is 28.5 Å². The average molecular weight is 596 g/mol. The second-order valence-corrected chi connectivity index (χ2v) is 9.86. The Labute approximate surface area is 236 Å². The van der Waals surface area contributed by atoms with E-state index in [4.69, 9.17) is 67.2 Å². The highest BCUT2D eigenvalue weighted by Crippen LogP contribution is 2.48. The van der Waals surface area contributed by atoms with Crippen LogP contribution >= 0.6 is 58.0 Å². The number of anilines is 1. The number of nitrogens with zero attached hydrogens (tertiary/aromatic N) is 2. The molecule has 2 heterocycles. The summed E-state index contributed by atoms with van der Waals surface area (Å²) < 4.78 is 13.0. The van der Waals surface area contributed by atoms with Gasteiger partial charge < -0.3 is 14.5 Å². The van der Waals surface area contributed by atoms with Crippen molar-refractivity contribution in [1.29, 1.82) is 0 Å². The van der Waals surface area contributed by atoms with Crippen LogP contribution in [-0.2, 0) is 13.2 Å². The Morgan fingerprint density at radius 1 is 0.892 bits per heavy atom. The van der Waals surface area contributed by atoms with E-state index in [9.17, 15) is 4.79 Å². The summed E-state index contributed by atoms with van der Waals surface area (Å²) in [5.41, 5.74) is 1.65. The van der Waals surface area contributed by atoms with Crippen molar-refractivity contribution in [3.63, 3.8) is 0 Å². The first-order valence-corrected chi connectivity index (χ1v) is 12.7. The van der Waals surface area contributed by atoms with Crippen molar-refractivity contribution in [2.45, 2.75) is 13.2 Å². The number of rotatable bonds is 7. The maximum atomic E-state index is 12.7. The topological polar surface area (TPSA) is 69.3 Å². The van der Waals surface area contributed by atoms with Gasteiger partial charge in [0.15, 0.2) is 11.5 Å². The first-order valence-electron chi connectivity index (χ1n) is 10.8. The highest BCUT2D eigenvalue weighted by Gasteiger charge is 2.21. The number of benzene rings is 3. The summed E-state index contributed by atoms with van der Waals surface area (Å²) in [6, 6.07) is 17.4. The van der Waals surface area contributed by atoms with Gasteiger partial charge >= 0.3 is 0 Å². The van der Waals surface area contributed by atoms with E-state index in [1.807, 2.05) is 18.2 Å². The molecule has 1 amide bonds. The van der Waals surface area contributed by atoms with E-state index >= 15 is 0 Å². The third kappa shape index (κ3) is 5.40. The number of amides is 1. The van der Waals surface area contributed by atoms with E-state index in [-0.39, 0.29) is 43.2 Å². The Hall–Kier alpha value is -2.87. The summed E-state index contributed by atoms with van der Waals surface area (Å²) in [5, 5.41) is 9.57. The first-order chi connectivity index (χ1) is 17.8. The number of carbonyl (C=O) groups is 1. The number of halogens is 5. The van der Waals surface area contributed by atoms with Crippen molar-refractivity contribution in [1.82, 2.24) is 9.78 Å².